The molecule has 2 aromatic heterocycles. The van der Waals surface area contributed by atoms with Crippen molar-refractivity contribution in [2.75, 3.05) is 24.3 Å². The van der Waals surface area contributed by atoms with Crippen LogP contribution in [-0.4, -0.2) is 28.5 Å². The predicted molar refractivity (Wildman–Crippen MR) is 104 cm³/mol. The number of para-hydroxylation sites is 1. The average molecular weight is 352 g/mol. The van der Waals surface area contributed by atoms with Crippen LogP contribution in [-0.2, 0) is 0 Å². The van der Waals surface area contributed by atoms with Gasteiger partial charge >= 0.3 is 0 Å². The van der Waals surface area contributed by atoms with Crippen LogP contribution in [0.25, 0.3) is 16.6 Å². The Morgan fingerprint density at radius 2 is 1.96 bits per heavy atom. The van der Waals surface area contributed by atoms with Gasteiger partial charge in [0.25, 0.3) is 0 Å². The zero-order valence-corrected chi connectivity index (χ0v) is 15.0. The smallest absolute Gasteiger partial charge is 0.157 e. The van der Waals surface area contributed by atoms with Gasteiger partial charge in [-0.05, 0) is 36.8 Å². The monoisotopic (exact) mass is 351 g/mol. The van der Waals surface area contributed by atoms with E-state index < -0.39 is 0 Å². The third-order valence-corrected chi connectivity index (χ3v) is 4.63. The highest BCUT2D eigenvalue weighted by molar-refractivity contribution is 6.33. The maximum atomic E-state index is 6.37. The zero-order valence-electron chi connectivity index (χ0n) is 14.3. The summed E-state index contributed by atoms with van der Waals surface area (Å²) in [5.41, 5.74) is 5.84. The molecule has 0 atom stereocenters. The van der Waals surface area contributed by atoms with E-state index in [2.05, 4.69) is 33.4 Å². The molecule has 0 amide bonds. The summed E-state index contributed by atoms with van der Waals surface area (Å²) >= 11 is 6.37. The second kappa shape index (κ2) is 5.93. The molecule has 0 bridgehead atoms. The number of hydrogen-bond donors (Lipinski definition) is 1. The van der Waals surface area contributed by atoms with Gasteiger partial charge in [-0.1, -0.05) is 23.7 Å². The number of fused-ring (bicyclic) bond motifs is 3. The van der Waals surface area contributed by atoms with Crippen LogP contribution in [0.15, 0.2) is 48.9 Å². The lowest BCUT2D eigenvalue weighted by Crippen LogP contribution is -2.09. The van der Waals surface area contributed by atoms with Crippen LogP contribution >= 0.6 is 11.6 Å². The van der Waals surface area contributed by atoms with Gasteiger partial charge in [-0.15, -0.1) is 0 Å². The quantitative estimate of drug-likeness (QED) is 0.583. The minimum absolute atomic E-state index is 0.668. The van der Waals surface area contributed by atoms with Gasteiger partial charge in [-0.3, -0.25) is 4.40 Å². The first-order valence-electron chi connectivity index (χ1n) is 8.00. The molecular formula is C19H18ClN5. The van der Waals surface area contributed by atoms with Gasteiger partial charge in [-0.2, -0.15) is 0 Å². The summed E-state index contributed by atoms with van der Waals surface area (Å²) in [5, 5.41) is 4.06. The first kappa shape index (κ1) is 15.7. The lowest BCUT2D eigenvalue weighted by Gasteiger charge is -2.16. The van der Waals surface area contributed by atoms with E-state index in [1.54, 1.807) is 12.5 Å². The number of anilines is 3. The van der Waals surface area contributed by atoms with Gasteiger partial charge in [-0.25, -0.2) is 9.97 Å². The molecule has 0 saturated carbocycles. The number of halogens is 1. The topological polar surface area (TPSA) is 45.5 Å². The van der Waals surface area contributed by atoms with E-state index in [0.29, 0.717) is 5.02 Å². The van der Waals surface area contributed by atoms with Gasteiger partial charge in [0.2, 0.25) is 0 Å². The van der Waals surface area contributed by atoms with Crippen molar-refractivity contribution < 1.29 is 0 Å². The Kier molecular flexibility index (Phi) is 3.73. The Balaban J connectivity index is 1.94. The molecule has 0 spiro atoms. The Labute approximate surface area is 150 Å². The summed E-state index contributed by atoms with van der Waals surface area (Å²) in [6.45, 7) is 2.02. The van der Waals surface area contributed by atoms with Crippen molar-refractivity contribution >= 4 is 45.3 Å². The van der Waals surface area contributed by atoms with Crippen molar-refractivity contribution in [1.82, 2.24) is 14.4 Å². The van der Waals surface area contributed by atoms with Crippen LogP contribution in [0.5, 0.6) is 0 Å². The van der Waals surface area contributed by atoms with Crippen LogP contribution < -0.4 is 10.2 Å². The molecule has 0 aliphatic heterocycles. The van der Waals surface area contributed by atoms with E-state index in [9.17, 15) is 0 Å². The highest BCUT2D eigenvalue weighted by atomic mass is 35.5. The highest BCUT2D eigenvalue weighted by Crippen LogP contribution is 2.31. The summed E-state index contributed by atoms with van der Waals surface area (Å²) in [5.74, 6) is 0.733. The van der Waals surface area contributed by atoms with Gasteiger partial charge in [0.15, 0.2) is 5.82 Å². The first-order chi connectivity index (χ1) is 12.0. The molecule has 0 saturated heterocycles. The molecule has 0 aliphatic rings. The van der Waals surface area contributed by atoms with Gasteiger partial charge in [0.1, 0.15) is 5.52 Å². The second-order valence-corrected chi connectivity index (χ2v) is 6.64. The Hall–Kier alpha value is -2.79. The predicted octanol–water partition coefficient (Wildman–Crippen LogP) is 4.65. The third kappa shape index (κ3) is 2.66. The molecule has 5 nitrogen and oxygen atoms in total. The van der Waals surface area contributed by atoms with Gasteiger partial charge in [0, 0.05) is 19.8 Å². The molecule has 0 unspecified atom stereocenters. The molecular weight excluding hydrogens is 334 g/mol. The molecule has 25 heavy (non-hydrogen) atoms. The number of aromatic nitrogens is 3. The van der Waals surface area contributed by atoms with Gasteiger partial charge in [0.05, 0.1) is 34.3 Å². The number of imidazole rings is 1. The van der Waals surface area contributed by atoms with Crippen molar-refractivity contribution in [1.29, 1.82) is 0 Å². The maximum absolute atomic E-state index is 6.37. The molecule has 0 fully saturated rings. The number of aryl methyl sites for hydroxylation is 1. The molecule has 0 aliphatic carbocycles. The van der Waals surface area contributed by atoms with Gasteiger partial charge < -0.3 is 10.2 Å². The Morgan fingerprint density at radius 3 is 2.72 bits per heavy atom. The Morgan fingerprint density at radius 1 is 1.12 bits per heavy atom. The zero-order chi connectivity index (χ0) is 17.6. The number of rotatable bonds is 3. The fourth-order valence-corrected chi connectivity index (χ4v) is 3.19. The number of nitrogens with zero attached hydrogens (tertiary/aromatic N) is 4. The number of nitrogens with one attached hydrogen (secondary N) is 1. The third-order valence-electron chi connectivity index (χ3n) is 4.31. The lowest BCUT2D eigenvalue weighted by atomic mass is 10.2. The average Bonchev–Trinajstić information content (AvgIpc) is 3.07. The van der Waals surface area contributed by atoms with E-state index in [1.807, 2.05) is 43.6 Å². The van der Waals surface area contributed by atoms with E-state index in [4.69, 9.17) is 16.6 Å². The molecule has 126 valence electrons. The van der Waals surface area contributed by atoms with E-state index in [1.165, 1.54) is 0 Å². The summed E-state index contributed by atoms with van der Waals surface area (Å²) in [7, 11) is 4.03. The normalized spacial score (nSPS) is 11.2. The van der Waals surface area contributed by atoms with Crippen LogP contribution in [0, 0.1) is 6.92 Å². The fraction of sp³-hybridized carbons (Fsp3) is 0.158. The summed E-state index contributed by atoms with van der Waals surface area (Å²) < 4.78 is 2.04. The van der Waals surface area contributed by atoms with E-state index in [-0.39, 0.29) is 0 Å². The Bertz CT molecular complexity index is 1060. The van der Waals surface area contributed by atoms with Crippen LogP contribution in [0.2, 0.25) is 5.02 Å². The van der Waals surface area contributed by atoms with Crippen molar-refractivity contribution in [3.8, 4) is 0 Å². The summed E-state index contributed by atoms with van der Waals surface area (Å²) in [6, 6.07) is 12.0. The van der Waals surface area contributed by atoms with E-state index >= 15 is 0 Å². The van der Waals surface area contributed by atoms with Crippen molar-refractivity contribution in [2.24, 2.45) is 0 Å². The van der Waals surface area contributed by atoms with Crippen LogP contribution in [0.3, 0.4) is 0 Å². The largest absolute Gasteiger partial charge is 0.378 e. The van der Waals surface area contributed by atoms with Crippen molar-refractivity contribution in [2.45, 2.75) is 6.92 Å². The lowest BCUT2D eigenvalue weighted by molar-refractivity contribution is 1.13. The van der Waals surface area contributed by atoms with E-state index in [0.717, 1.165) is 39.3 Å². The molecule has 2 heterocycles. The second-order valence-electron chi connectivity index (χ2n) is 6.23. The molecule has 4 rings (SSSR count). The standard InChI is InChI=1S/C19H18ClN5/c1-12-5-4-6-14(20)18(12)23-19-17-10-21-11-25(17)16-8-7-13(24(2)3)9-15(16)22-19/h4-11H,1-3H3,(H,22,23). The van der Waals surface area contributed by atoms with Crippen LogP contribution in [0.4, 0.5) is 17.2 Å². The van der Waals surface area contributed by atoms with Crippen molar-refractivity contribution in [3.05, 3.63) is 59.5 Å². The SMILES string of the molecule is Cc1cccc(Cl)c1Nc1nc2cc(N(C)C)ccc2n2cncc12. The maximum Gasteiger partial charge on any atom is 0.157 e. The highest BCUT2D eigenvalue weighted by Gasteiger charge is 2.12. The number of hydrogen-bond acceptors (Lipinski definition) is 4. The summed E-state index contributed by atoms with van der Waals surface area (Å²) in [4.78, 5) is 11.2. The van der Waals surface area contributed by atoms with Crippen molar-refractivity contribution in [3.63, 3.8) is 0 Å². The molecule has 1 N–H and O–H groups in total. The fourth-order valence-electron chi connectivity index (χ4n) is 2.92. The molecule has 0 radical (unpaired) electrons. The molecule has 6 heteroatoms. The number of benzene rings is 2. The molecule has 2 aromatic carbocycles. The molecule has 4 aromatic rings. The minimum Gasteiger partial charge on any atom is -0.378 e. The minimum atomic E-state index is 0.668. The first-order valence-corrected chi connectivity index (χ1v) is 8.37. The summed E-state index contributed by atoms with van der Waals surface area (Å²) in [6.07, 6.45) is 3.61. The van der Waals surface area contributed by atoms with Crippen LogP contribution in [0.1, 0.15) is 5.56 Å².